The van der Waals surface area contributed by atoms with Gasteiger partial charge in [0.05, 0.1) is 29.3 Å². The number of Topliss-reactive ketones (excluding diaryl/α,β-unsaturated/α-hetero) is 1. The minimum Gasteiger partial charge on any atom is -0.353 e. The molecule has 1 fully saturated rings. The van der Waals surface area contributed by atoms with Crippen LogP contribution >= 0.6 is 0 Å². The standard InChI is InChI=1S/C12H14F3N3O3/c13-12(14,15)8-2-1-3-17(6-8)7-11(19)10-4-9(5-16-10)18(20)21/h4-5,8,16H,1-3,6-7H2. The van der Waals surface area contributed by atoms with E-state index in [-0.39, 0.29) is 30.9 Å². The normalized spacial score (nSPS) is 20.4. The molecule has 2 heterocycles. The van der Waals surface area contributed by atoms with E-state index in [1.54, 1.807) is 0 Å². The Bertz CT molecular complexity index is 541. The topological polar surface area (TPSA) is 79.2 Å². The molecule has 0 spiro atoms. The van der Waals surface area contributed by atoms with Gasteiger partial charge in [0.15, 0.2) is 5.78 Å². The van der Waals surface area contributed by atoms with E-state index >= 15 is 0 Å². The second-order valence-electron chi connectivity index (χ2n) is 5.07. The van der Waals surface area contributed by atoms with Crippen molar-refractivity contribution in [2.75, 3.05) is 19.6 Å². The lowest BCUT2D eigenvalue weighted by Gasteiger charge is -2.33. The van der Waals surface area contributed by atoms with Crippen LogP contribution in [-0.4, -0.2) is 46.4 Å². The maximum absolute atomic E-state index is 12.7. The number of aromatic amines is 1. The largest absolute Gasteiger partial charge is 0.393 e. The van der Waals surface area contributed by atoms with Crippen LogP contribution in [0.15, 0.2) is 12.3 Å². The van der Waals surface area contributed by atoms with Crippen LogP contribution in [0, 0.1) is 16.0 Å². The molecule has 0 saturated carbocycles. The van der Waals surface area contributed by atoms with Gasteiger partial charge in [-0.2, -0.15) is 13.2 Å². The number of halogens is 3. The number of rotatable bonds is 4. The summed E-state index contributed by atoms with van der Waals surface area (Å²) >= 11 is 0. The second-order valence-corrected chi connectivity index (χ2v) is 5.07. The number of carbonyl (C=O) groups is 1. The maximum atomic E-state index is 12.7. The van der Waals surface area contributed by atoms with Gasteiger partial charge in [-0.05, 0) is 19.4 Å². The molecule has 1 aromatic rings. The quantitative estimate of drug-likeness (QED) is 0.526. The molecule has 0 radical (unpaired) electrons. The van der Waals surface area contributed by atoms with Crippen molar-refractivity contribution >= 4 is 11.5 Å². The van der Waals surface area contributed by atoms with Crippen molar-refractivity contribution < 1.29 is 22.9 Å². The first-order chi connectivity index (χ1) is 9.77. The molecule has 116 valence electrons. The summed E-state index contributed by atoms with van der Waals surface area (Å²) in [5.41, 5.74) is -0.207. The van der Waals surface area contributed by atoms with Gasteiger partial charge < -0.3 is 4.98 Å². The number of piperidine rings is 1. The summed E-state index contributed by atoms with van der Waals surface area (Å²) in [4.78, 5) is 25.7. The molecule has 1 unspecified atom stereocenters. The third-order valence-electron chi connectivity index (χ3n) is 3.51. The minimum absolute atomic E-state index is 0.0378. The number of ketones is 1. The summed E-state index contributed by atoms with van der Waals surface area (Å²) in [6.07, 6.45) is -2.72. The highest BCUT2D eigenvalue weighted by Crippen LogP contribution is 2.33. The zero-order chi connectivity index (χ0) is 15.6. The summed E-state index contributed by atoms with van der Waals surface area (Å²) in [6, 6.07) is 1.09. The Morgan fingerprint density at radius 3 is 2.81 bits per heavy atom. The number of aromatic nitrogens is 1. The van der Waals surface area contributed by atoms with Crippen molar-refractivity contribution in [3.05, 3.63) is 28.1 Å². The fourth-order valence-corrected chi connectivity index (χ4v) is 2.40. The number of H-pyrrole nitrogens is 1. The van der Waals surface area contributed by atoms with E-state index in [9.17, 15) is 28.1 Å². The Morgan fingerprint density at radius 2 is 2.24 bits per heavy atom. The minimum atomic E-state index is -4.26. The highest BCUT2D eigenvalue weighted by molar-refractivity contribution is 5.96. The number of nitrogens with zero attached hydrogens (tertiary/aromatic N) is 2. The fraction of sp³-hybridized carbons (Fsp3) is 0.583. The molecule has 1 atom stereocenters. The van der Waals surface area contributed by atoms with Gasteiger partial charge in [0.2, 0.25) is 0 Å². The van der Waals surface area contributed by atoms with E-state index in [0.717, 1.165) is 12.3 Å². The highest BCUT2D eigenvalue weighted by Gasteiger charge is 2.41. The van der Waals surface area contributed by atoms with Gasteiger partial charge in [-0.1, -0.05) is 0 Å². The van der Waals surface area contributed by atoms with E-state index in [2.05, 4.69) is 4.98 Å². The summed E-state index contributed by atoms with van der Waals surface area (Å²) in [5.74, 6) is -1.87. The molecule has 0 aliphatic carbocycles. The van der Waals surface area contributed by atoms with Gasteiger partial charge in [0.1, 0.15) is 0 Å². The average Bonchev–Trinajstić information content (AvgIpc) is 2.88. The van der Waals surface area contributed by atoms with Gasteiger partial charge >= 0.3 is 6.18 Å². The number of carbonyl (C=O) groups excluding carboxylic acids is 1. The van der Waals surface area contributed by atoms with Gasteiger partial charge in [0, 0.05) is 12.6 Å². The molecule has 2 rings (SSSR count). The van der Waals surface area contributed by atoms with Gasteiger partial charge in [0.25, 0.3) is 5.69 Å². The molecule has 1 aliphatic heterocycles. The predicted octanol–water partition coefficient (Wildman–Crippen LogP) is 2.38. The average molecular weight is 305 g/mol. The lowest BCUT2D eigenvalue weighted by Crippen LogP contribution is -2.43. The van der Waals surface area contributed by atoms with Crippen LogP contribution in [0.2, 0.25) is 0 Å². The molecule has 6 nitrogen and oxygen atoms in total. The lowest BCUT2D eigenvalue weighted by atomic mass is 9.97. The zero-order valence-corrected chi connectivity index (χ0v) is 11.0. The smallest absolute Gasteiger partial charge is 0.353 e. The second kappa shape index (κ2) is 5.84. The SMILES string of the molecule is O=C(CN1CCCC(C(F)(F)F)C1)c1cc([N+](=O)[O-])c[nH]1. The van der Waals surface area contributed by atoms with Crippen LogP contribution < -0.4 is 0 Å². The van der Waals surface area contributed by atoms with Crippen molar-refractivity contribution in [2.24, 2.45) is 5.92 Å². The predicted molar refractivity (Wildman–Crippen MR) is 67.0 cm³/mol. The maximum Gasteiger partial charge on any atom is 0.393 e. The molecule has 1 aromatic heterocycles. The van der Waals surface area contributed by atoms with Crippen molar-refractivity contribution in [1.82, 2.24) is 9.88 Å². The van der Waals surface area contributed by atoms with Gasteiger partial charge in [-0.3, -0.25) is 19.8 Å². The van der Waals surface area contributed by atoms with Crippen molar-refractivity contribution in [2.45, 2.75) is 19.0 Å². The number of alkyl halides is 3. The first kappa shape index (κ1) is 15.5. The Labute approximate surface area is 118 Å². The molecule has 9 heteroatoms. The highest BCUT2D eigenvalue weighted by atomic mass is 19.4. The molecule has 21 heavy (non-hydrogen) atoms. The molecule has 0 aromatic carbocycles. The van der Waals surface area contributed by atoms with Crippen molar-refractivity contribution in [3.8, 4) is 0 Å². The summed E-state index contributed by atoms with van der Waals surface area (Å²) in [5, 5.41) is 10.5. The summed E-state index contributed by atoms with van der Waals surface area (Å²) in [7, 11) is 0. The third kappa shape index (κ3) is 3.81. The van der Waals surface area contributed by atoms with Gasteiger partial charge in [-0.25, -0.2) is 0 Å². The first-order valence-corrected chi connectivity index (χ1v) is 6.42. The van der Waals surface area contributed by atoms with Crippen LogP contribution in [-0.2, 0) is 0 Å². The van der Waals surface area contributed by atoms with Gasteiger partial charge in [-0.15, -0.1) is 0 Å². The Kier molecular flexibility index (Phi) is 4.31. The summed E-state index contributed by atoms with van der Waals surface area (Å²) < 4.78 is 38.0. The zero-order valence-electron chi connectivity index (χ0n) is 11.0. The number of nitro groups is 1. The van der Waals surface area contributed by atoms with E-state index < -0.39 is 22.8 Å². The van der Waals surface area contributed by atoms with E-state index in [0.29, 0.717) is 13.0 Å². The molecule has 1 N–H and O–H groups in total. The van der Waals surface area contributed by atoms with Crippen LogP contribution in [0.1, 0.15) is 23.3 Å². The molecular formula is C12H14F3N3O3. The molecular weight excluding hydrogens is 291 g/mol. The molecule has 0 amide bonds. The van der Waals surface area contributed by atoms with E-state index in [1.165, 1.54) is 4.90 Å². The van der Waals surface area contributed by atoms with Crippen LogP contribution in [0.3, 0.4) is 0 Å². The Balaban J connectivity index is 1.97. The first-order valence-electron chi connectivity index (χ1n) is 6.42. The van der Waals surface area contributed by atoms with Crippen LogP contribution in [0.5, 0.6) is 0 Å². The van der Waals surface area contributed by atoms with Crippen molar-refractivity contribution in [3.63, 3.8) is 0 Å². The lowest BCUT2D eigenvalue weighted by molar-refractivity contribution is -0.384. The summed E-state index contributed by atoms with van der Waals surface area (Å²) in [6.45, 7) is 0.0312. The number of hydrogen-bond acceptors (Lipinski definition) is 4. The number of likely N-dealkylation sites (tertiary alicyclic amines) is 1. The molecule has 1 aliphatic rings. The Hall–Kier alpha value is -1.90. The monoisotopic (exact) mass is 305 g/mol. The fourth-order valence-electron chi connectivity index (χ4n) is 2.40. The molecule has 1 saturated heterocycles. The number of hydrogen-bond donors (Lipinski definition) is 1. The van der Waals surface area contributed by atoms with E-state index in [4.69, 9.17) is 0 Å². The van der Waals surface area contributed by atoms with Crippen LogP contribution in [0.25, 0.3) is 0 Å². The van der Waals surface area contributed by atoms with Crippen LogP contribution in [0.4, 0.5) is 18.9 Å². The molecule has 0 bridgehead atoms. The third-order valence-corrected chi connectivity index (χ3v) is 3.51. The van der Waals surface area contributed by atoms with Crippen molar-refractivity contribution in [1.29, 1.82) is 0 Å². The number of nitrogens with one attached hydrogen (secondary N) is 1. The Morgan fingerprint density at radius 1 is 1.52 bits per heavy atom. The van der Waals surface area contributed by atoms with E-state index in [1.807, 2.05) is 0 Å².